The number of rotatable bonds is 1. The lowest BCUT2D eigenvalue weighted by atomic mass is 10.0. The smallest absolute Gasteiger partial charge is 0.416 e. The molecule has 0 bridgehead atoms. The Hall–Kier alpha value is -2.02. The van der Waals surface area contributed by atoms with Crippen molar-refractivity contribution in [3.63, 3.8) is 0 Å². The van der Waals surface area contributed by atoms with Crippen LogP contribution >= 0.6 is 0 Å². The van der Waals surface area contributed by atoms with Gasteiger partial charge in [0.05, 0.1) is 5.56 Å². The zero-order valence-corrected chi connectivity index (χ0v) is 14.0. The molecule has 0 amide bonds. The molecule has 0 N–H and O–H groups in total. The van der Waals surface area contributed by atoms with Gasteiger partial charge in [0.1, 0.15) is 0 Å². The summed E-state index contributed by atoms with van der Waals surface area (Å²) >= 11 is 0. The highest BCUT2D eigenvalue weighted by atomic mass is 79.9. The molecule has 0 aromatic heterocycles. The van der Waals surface area contributed by atoms with Crippen molar-refractivity contribution in [1.29, 1.82) is 0 Å². The monoisotopic (exact) mass is 399 g/mol. The first-order valence-electron chi connectivity index (χ1n) is 7.22. The normalized spacial score (nSPS) is 15.4. The van der Waals surface area contributed by atoms with Crippen molar-refractivity contribution in [2.75, 3.05) is 13.3 Å². The molecule has 24 heavy (non-hydrogen) atoms. The molecular formula is C17H13BrF3NO2. The van der Waals surface area contributed by atoms with Crippen LogP contribution in [0.2, 0.25) is 0 Å². The molecule has 126 valence electrons. The van der Waals surface area contributed by atoms with E-state index in [1.165, 1.54) is 12.1 Å². The van der Waals surface area contributed by atoms with Gasteiger partial charge in [0, 0.05) is 24.1 Å². The summed E-state index contributed by atoms with van der Waals surface area (Å²) in [4.78, 5) is 0. The zero-order valence-electron chi connectivity index (χ0n) is 12.4. The summed E-state index contributed by atoms with van der Waals surface area (Å²) in [6.45, 7) is 0.823. The summed E-state index contributed by atoms with van der Waals surface area (Å²) in [5.74, 6) is 1.40. The van der Waals surface area contributed by atoms with E-state index >= 15 is 0 Å². The Kier molecular flexibility index (Phi) is 4.29. The van der Waals surface area contributed by atoms with E-state index in [4.69, 9.17) is 9.47 Å². The summed E-state index contributed by atoms with van der Waals surface area (Å²) in [5.41, 5.74) is 1.94. The van der Waals surface area contributed by atoms with Crippen LogP contribution in [0.5, 0.6) is 11.5 Å². The maximum Gasteiger partial charge on any atom is 0.416 e. The van der Waals surface area contributed by atoms with Crippen LogP contribution in [0.15, 0.2) is 36.4 Å². The third-order valence-electron chi connectivity index (χ3n) is 4.06. The van der Waals surface area contributed by atoms with E-state index in [1.807, 2.05) is 22.9 Å². The van der Waals surface area contributed by atoms with E-state index in [-0.39, 0.29) is 23.8 Å². The highest BCUT2D eigenvalue weighted by molar-refractivity contribution is 5.81. The molecule has 2 aliphatic rings. The van der Waals surface area contributed by atoms with Crippen LogP contribution < -0.4 is 26.5 Å². The second-order valence-corrected chi connectivity index (χ2v) is 5.52. The van der Waals surface area contributed by atoms with Gasteiger partial charge in [-0.25, -0.2) is 0 Å². The van der Waals surface area contributed by atoms with Crippen LogP contribution in [-0.4, -0.2) is 24.1 Å². The Labute approximate surface area is 147 Å². The Bertz CT molecular complexity index is 818. The summed E-state index contributed by atoms with van der Waals surface area (Å²) in [6.07, 6.45) is -1.75. The average Bonchev–Trinajstić information content (AvgIpc) is 2.98. The highest BCUT2D eigenvalue weighted by Gasteiger charge is 2.32. The fourth-order valence-corrected chi connectivity index (χ4v) is 2.87. The molecule has 4 rings (SSSR count). The Morgan fingerprint density at radius 3 is 2.50 bits per heavy atom. The fraction of sp³-hybridized carbons (Fsp3) is 0.235. The minimum atomic E-state index is -4.34. The fourth-order valence-electron chi connectivity index (χ4n) is 2.87. The van der Waals surface area contributed by atoms with Gasteiger partial charge in [-0.1, -0.05) is 6.07 Å². The molecule has 2 aromatic carbocycles. The number of alkyl halides is 3. The highest BCUT2D eigenvalue weighted by Crippen LogP contribution is 2.36. The first-order valence-corrected chi connectivity index (χ1v) is 7.22. The lowest BCUT2D eigenvalue weighted by Gasteiger charge is -2.14. The van der Waals surface area contributed by atoms with Crippen molar-refractivity contribution in [2.45, 2.75) is 12.6 Å². The van der Waals surface area contributed by atoms with Gasteiger partial charge >= 0.3 is 6.18 Å². The molecular weight excluding hydrogens is 387 g/mol. The van der Waals surface area contributed by atoms with Crippen LogP contribution in [0, 0.1) is 0 Å². The number of nitrogens with zero attached hydrogens (tertiary/aromatic N) is 1. The number of fused-ring (bicyclic) bond motifs is 2. The number of ether oxygens (including phenoxy) is 2. The molecule has 0 saturated heterocycles. The van der Waals surface area contributed by atoms with Gasteiger partial charge in [-0.2, -0.15) is 17.7 Å². The topological polar surface area (TPSA) is 21.5 Å². The number of benzene rings is 2. The van der Waals surface area contributed by atoms with Gasteiger partial charge in [-0.05, 0) is 23.8 Å². The maximum atomic E-state index is 12.9. The molecule has 0 spiro atoms. The molecule has 3 nitrogen and oxygen atoms in total. The van der Waals surface area contributed by atoms with E-state index in [1.54, 1.807) is 6.07 Å². The van der Waals surface area contributed by atoms with Crippen LogP contribution in [0.3, 0.4) is 0 Å². The van der Waals surface area contributed by atoms with E-state index < -0.39 is 11.7 Å². The molecule has 0 unspecified atom stereocenters. The second kappa shape index (κ2) is 6.12. The molecule has 0 radical (unpaired) electrons. The van der Waals surface area contributed by atoms with Gasteiger partial charge in [-0.3, -0.25) is 0 Å². The van der Waals surface area contributed by atoms with Crippen molar-refractivity contribution in [3.05, 3.63) is 53.1 Å². The quantitative estimate of drug-likeness (QED) is 0.660. The SMILES string of the molecule is FC(F)(F)c1cccc([N+]2=Cc3cc4c(cc3CC2)OCO4)c1.[Br-]. The predicted octanol–water partition coefficient (Wildman–Crippen LogP) is 0.757. The minimum absolute atomic E-state index is 0. The van der Waals surface area contributed by atoms with Crippen LogP contribution in [0.4, 0.5) is 18.9 Å². The van der Waals surface area contributed by atoms with E-state index in [0.29, 0.717) is 18.0 Å². The van der Waals surface area contributed by atoms with E-state index in [9.17, 15) is 13.2 Å². The first kappa shape index (κ1) is 16.8. The average molecular weight is 400 g/mol. The molecule has 0 aliphatic carbocycles. The van der Waals surface area contributed by atoms with Crippen molar-refractivity contribution >= 4 is 11.9 Å². The second-order valence-electron chi connectivity index (χ2n) is 5.52. The molecule has 0 fully saturated rings. The molecule has 0 atom stereocenters. The molecule has 7 heteroatoms. The van der Waals surface area contributed by atoms with Crippen LogP contribution in [0.25, 0.3) is 0 Å². The Morgan fingerprint density at radius 1 is 1.00 bits per heavy atom. The van der Waals surface area contributed by atoms with Crippen molar-refractivity contribution < 1.29 is 44.2 Å². The van der Waals surface area contributed by atoms with Crippen molar-refractivity contribution in [3.8, 4) is 11.5 Å². The maximum absolute atomic E-state index is 12.9. The minimum Gasteiger partial charge on any atom is -1.00 e. The van der Waals surface area contributed by atoms with Gasteiger partial charge in [0.15, 0.2) is 24.3 Å². The van der Waals surface area contributed by atoms with Gasteiger partial charge in [-0.15, -0.1) is 0 Å². The summed E-state index contributed by atoms with van der Waals surface area (Å²) in [7, 11) is 0. The number of hydrogen-bond acceptors (Lipinski definition) is 2. The van der Waals surface area contributed by atoms with Crippen LogP contribution in [-0.2, 0) is 12.6 Å². The largest absolute Gasteiger partial charge is 1.00 e. The first-order chi connectivity index (χ1) is 11.0. The summed E-state index contributed by atoms with van der Waals surface area (Å²) in [5, 5.41) is 0. The standard InChI is InChI=1S/C17H13F3NO2.BrH/c18-17(19,20)13-2-1-3-14(8-13)21-5-4-11-6-15-16(23-10-22-15)7-12(11)9-21;/h1-3,6-9H,4-5,10H2;1H/q+1;/p-1. The van der Waals surface area contributed by atoms with Gasteiger partial charge < -0.3 is 26.5 Å². The van der Waals surface area contributed by atoms with Gasteiger partial charge in [0.25, 0.3) is 0 Å². The lowest BCUT2D eigenvalue weighted by Crippen LogP contribution is -3.00. The summed E-state index contributed by atoms with van der Waals surface area (Å²) in [6, 6.07) is 9.19. The lowest BCUT2D eigenvalue weighted by molar-refractivity contribution is -0.436. The Morgan fingerprint density at radius 2 is 1.75 bits per heavy atom. The van der Waals surface area contributed by atoms with E-state index in [2.05, 4.69) is 0 Å². The predicted molar refractivity (Wildman–Crippen MR) is 77.7 cm³/mol. The van der Waals surface area contributed by atoms with Crippen molar-refractivity contribution in [2.24, 2.45) is 0 Å². The third kappa shape index (κ3) is 3.00. The van der Waals surface area contributed by atoms with Gasteiger partial charge in [0.2, 0.25) is 12.5 Å². The number of halogens is 4. The van der Waals surface area contributed by atoms with E-state index in [0.717, 1.165) is 29.4 Å². The number of hydrogen-bond donors (Lipinski definition) is 0. The molecule has 0 saturated carbocycles. The van der Waals surface area contributed by atoms with Crippen LogP contribution in [0.1, 0.15) is 16.7 Å². The molecule has 2 heterocycles. The Balaban J connectivity index is 0.00000169. The zero-order chi connectivity index (χ0) is 16.0. The molecule has 2 aliphatic heterocycles. The third-order valence-corrected chi connectivity index (χ3v) is 4.06. The molecule has 2 aromatic rings. The van der Waals surface area contributed by atoms with Crippen molar-refractivity contribution in [1.82, 2.24) is 0 Å². The summed E-state index contributed by atoms with van der Waals surface area (Å²) < 4.78 is 51.1.